The minimum absolute atomic E-state index is 0.0974. The molecule has 0 N–H and O–H groups in total. The van der Waals surface area contributed by atoms with Gasteiger partial charge in [0.15, 0.2) is 0 Å². The summed E-state index contributed by atoms with van der Waals surface area (Å²) in [5.41, 5.74) is -0.0974. The molecule has 4 nitrogen and oxygen atoms in total. The summed E-state index contributed by atoms with van der Waals surface area (Å²) in [4.78, 5) is 15.2. The quantitative estimate of drug-likeness (QED) is 0.782. The first kappa shape index (κ1) is 15.0. The van der Waals surface area contributed by atoms with Crippen molar-refractivity contribution in [2.45, 2.75) is 57.4 Å². The third kappa shape index (κ3) is 2.40. The van der Waals surface area contributed by atoms with Gasteiger partial charge in [0, 0.05) is 13.1 Å². The van der Waals surface area contributed by atoms with Gasteiger partial charge in [-0.15, -0.1) is 0 Å². The molecule has 4 bridgehead atoms. The monoisotopic (exact) mass is 325 g/mol. The summed E-state index contributed by atoms with van der Waals surface area (Å²) in [6.45, 7) is 0. The lowest BCUT2D eigenvalue weighted by Gasteiger charge is -2.57. The average molecular weight is 325 g/mol. The van der Waals surface area contributed by atoms with E-state index in [2.05, 4.69) is 0 Å². The van der Waals surface area contributed by atoms with Crippen molar-refractivity contribution in [3.8, 4) is 0 Å². The van der Waals surface area contributed by atoms with Crippen molar-refractivity contribution in [2.75, 3.05) is 18.6 Å². The summed E-state index contributed by atoms with van der Waals surface area (Å²) >= 11 is 0. The number of amides is 1. The Morgan fingerprint density at radius 2 is 1.41 bits per heavy atom. The van der Waals surface area contributed by atoms with Crippen molar-refractivity contribution < 1.29 is 13.2 Å². The minimum atomic E-state index is -2.86. The van der Waals surface area contributed by atoms with Crippen LogP contribution in [0, 0.1) is 23.2 Å². The first-order valence-corrected chi connectivity index (χ1v) is 10.7. The van der Waals surface area contributed by atoms with Crippen LogP contribution in [0.5, 0.6) is 0 Å². The highest BCUT2D eigenvalue weighted by Gasteiger charge is 2.55. The molecule has 22 heavy (non-hydrogen) atoms. The van der Waals surface area contributed by atoms with Gasteiger partial charge in [-0.1, -0.05) is 0 Å². The normalized spacial score (nSPS) is 43.2. The van der Waals surface area contributed by atoms with E-state index in [1.54, 1.807) is 0 Å². The first-order chi connectivity index (χ1) is 10.4. The Bertz CT molecular complexity index is 533. The van der Waals surface area contributed by atoms with Crippen LogP contribution in [0.4, 0.5) is 0 Å². The molecule has 124 valence electrons. The van der Waals surface area contributed by atoms with E-state index in [-0.39, 0.29) is 23.0 Å². The molecular weight excluding hydrogens is 298 g/mol. The fraction of sp³-hybridized carbons (Fsp3) is 0.941. The number of sulfone groups is 1. The van der Waals surface area contributed by atoms with Crippen molar-refractivity contribution in [2.24, 2.45) is 23.2 Å². The molecule has 5 fully saturated rings. The van der Waals surface area contributed by atoms with Gasteiger partial charge in [-0.2, -0.15) is 0 Å². The predicted molar refractivity (Wildman–Crippen MR) is 85.1 cm³/mol. The highest BCUT2D eigenvalue weighted by molar-refractivity contribution is 7.91. The van der Waals surface area contributed by atoms with Crippen LogP contribution in [0.3, 0.4) is 0 Å². The van der Waals surface area contributed by atoms with Crippen molar-refractivity contribution in [1.82, 2.24) is 4.90 Å². The summed E-state index contributed by atoms with van der Waals surface area (Å²) in [6, 6.07) is 0.129. The average Bonchev–Trinajstić information content (AvgIpc) is 2.44. The zero-order valence-electron chi connectivity index (χ0n) is 13.5. The van der Waals surface area contributed by atoms with Gasteiger partial charge >= 0.3 is 0 Å². The summed E-state index contributed by atoms with van der Waals surface area (Å²) in [7, 11) is -0.938. The molecule has 0 aromatic rings. The molecule has 4 aliphatic carbocycles. The Kier molecular flexibility index (Phi) is 3.37. The van der Waals surface area contributed by atoms with Crippen molar-refractivity contribution >= 4 is 15.7 Å². The number of hydrogen-bond acceptors (Lipinski definition) is 3. The maximum Gasteiger partial charge on any atom is 0.228 e. The first-order valence-electron chi connectivity index (χ1n) is 8.85. The lowest BCUT2D eigenvalue weighted by atomic mass is 9.49. The summed E-state index contributed by atoms with van der Waals surface area (Å²) in [5, 5.41) is 0. The molecule has 0 aromatic heterocycles. The highest BCUT2D eigenvalue weighted by Crippen LogP contribution is 2.60. The van der Waals surface area contributed by atoms with Crippen LogP contribution in [0.1, 0.15) is 51.4 Å². The van der Waals surface area contributed by atoms with E-state index in [1.165, 1.54) is 19.3 Å². The van der Waals surface area contributed by atoms with Crippen LogP contribution in [0.15, 0.2) is 0 Å². The second-order valence-corrected chi connectivity index (χ2v) is 10.8. The molecule has 1 heterocycles. The van der Waals surface area contributed by atoms with Crippen LogP contribution in [0.2, 0.25) is 0 Å². The van der Waals surface area contributed by atoms with E-state index < -0.39 is 9.84 Å². The number of carbonyl (C=O) groups is 1. The lowest BCUT2D eigenvalue weighted by Crippen LogP contribution is -2.56. The summed E-state index contributed by atoms with van der Waals surface area (Å²) in [5.74, 6) is 3.14. The third-order valence-electron chi connectivity index (χ3n) is 6.88. The van der Waals surface area contributed by atoms with Gasteiger partial charge in [-0.05, 0) is 69.1 Å². The van der Waals surface area contributed by atoms with Gasteiger partial charge in [0.2, 0.25) is 5.91 Å². The van der Waals surface area contributed by atoms with E-state index in [0.29, 0.717) is 18.7 Å². The van der Waals surface area contributed by atoms with E-state index in [1.807, 2.05) is 11.9 Å². The van der Waals surface area contributed by atoms with Gasteiger partial charge in [0.05, 0.1) is 16.9 Å². The number of nitrogens with zero attached hydrogens (tertiary/aromatic N) is 1. The number of carbonyl (C=O) groups excluding carboxylic acids is 1. The molecule has 4 saturated carbocycles. The maximum absolute atomic E-state index is 13.2. The second kappa shape index (κ2) is 4.96. The molecule has 0 unspecified atom stereocenters. The van der Waals surface area contributed by atoms with Crippen LogP contribution in [-0.4, -0.2) is 43.8 Å². The number of hydrogen-bond donors (Lipinski definition) is 0. The topological polar surface area (TPSA) is 54.5 Å². The fourth-order valence-electron chi connectivity index (χ4n) is 6.18. The Hall–Kier alpha value is -0.580. The van der Waals surface area contributed by atoms with Crippen LogP contribution < -0.4 is 0 Å². The fourth-order valence-corrected chi connectivity index (χ4v) is 7.64. The molecular formula is C17H27NO3S. The van der Waals surface area contributed by atoms with E-state index in [9.17, 15) is 13.2 Å². The second-order valence-electron chi connectivity index (χ2n) is 8.50. The van der Waals surface area contributed by atoms with Crippen molar-refractivity contribution in [3.05, 3.63) is 0 Å². The molecule has 5 rings (SSSR count). The Morgan fingerprint density at radius 3 is 1.86 bits per heavy atom. The van der Waals surface area contributed by atoms with Gasteiger partial charge in [-0.25, -0.2) is 8.42 Å². The van der Waals surface area contributed by atoms with Crippen molar-refractivity contribution in [3.63, 3.8) is 0 Å². The van der Waals surface area contributed by atoms with Gasteiger partial charge in [-0.3, -0.25) is 4.79 Å². The zero-order chi connectivity index (χ0) is 15.5. The molecule has 0 aromatic carbocycles. The molecule has 5 heteroatoms. The summed E-state index contributed by atoms with van der Waals surface area (Å²) < 4.78 is 23.2. The van der Waals surface area contributed by atoms with Crippen LogP contribution >= 0.6 is 0 Å². The smallest absolute Gasteiger partial charge is 0.228 e. The van der Waals surface area contributed by atoms with E-state index in [0.717, 1.165) is 37.0 Å². The minimum Gasteiger partial charge on any atom is -0.342 e. The maximum atomic E-state index is 13.2. The molecule has 1 amide bonds. The Labute approximate surface area is 133 Å². The van der Waals surface area contributed by atoms with Gasteiger partial charge < -0.3 is 4.90 Å². The summed E-state index contributed by atoms with van der Waals surface area (Å²) in [6.07, 6.45) is 8.55. The highest BCUT2D eigenvalue weighted by atomic mass is 32.2. The molecule has 1 saturated heterocycles. The van der Waals surface area contributed by atoms with Crippen molar-refractivity contribution in [1.29, 1.82) is 0 Å². The zero-order valence-corrected chi connectivity index (χ0v) is 14.3. The number of rotatable bonds is 2. The third-order valence-corrected chi connectivity index (χ3v) is 8.60. The van der Waals surface area contributed by atoms with Crippen LogP contribution in [-0.2, 0) is 14.6 Å². The predicted octanol–water partition coefficient (Wildman–Crippen LogP) is 2.24. The Morgan fingerprint density at radius 1 is 0.955 bits per heavy atom. The molecule has 0 atom stereocenters. The van der Waals surface area contributed by atoms with Gasteiger partial charge in [0.1, 0.15) is 9.84 Å². The Balaban J connectivity index is 1.49. The van der Waals surface area contributed by atoms with Crippen LogP contribution in [0.25, 0.3) is 0 Å². The molecule has 0 radical (unpaired) electrons. The standard InChI is InChI=1S/C17H27NO3S/c1-18(15-2-4-22(20,21)5-3-15)16(19)17-9-12-6-13(10-17)8-14(7-12)11-17/h12-15H,2-11H2,1H3. The van der Waals surface area contributed by atoms with E-state index >= 15 is 0 Å². The largest absolute Gasteiger partial charge is 0.342 e. The van der Waals surface area contributed by atoms with Gasteiger partial charge in [0.25, 0.3) is 0 Å². The molecule has 0 spiro atoms. The van der Waals surface area contributed by atoms with E-state index in [4.69, 9.17) is 0 Å². The lowest BCUT2D eigenvalue weighted by molar-refractivity contribution is -0.158. The SMILES string of the molecule is CN(C(=O)C12CC3CC(CC(C3)C1)C2)C1CCS(=O)(=O)CC1. The molecule has 1 aliphatic heterocycles. The molecule has 5 aliphatic rings.